The maximum atomic E-state index is 6.02. The Labute approximate surface area is 123 Å². The summed E-state index contributed by atoms with van der Waals surface area (Å²) in [6.07, 6.45) is 2.12. The second-order valence-corrected chi connectivity index (χ2v) is 6.07. The summed E-state index contributed by atoms with van der Waals surface area (Å²) in [6.45, 7) is 7.00. The molecule has 0 saturated carbocycles. The van der Waals surface area contributed by atoms with Crippen LogP contribution in [-0.4, -0.2) is 41.1 Å². The van der Waals surface area contributed by atoms with E-state index in [1.165, 1.54) is 0 Å². The minimum Gasteiger partial charge on any atom is -0.378 e. The third-order valence-corrected chi connectivity index (χ3v) is 3.81. The molecular weight excluding hydrogens is 276 g/mol. The highest BCUT2D eigenvalue weighted by molar-refractivity contribution is 6.30. The minimum atomic E-state index is 0.306. The number of pyridine rings is 1. The molecule has 1 saturated heterocycles. The molecule has 0 unspecified atom stereocenters. The van der Waals surface area contributed by atoms with Gasteiger partial charge in [0.25, 0.3) is 0 Å². The van der Waals surface area contributed by atoms with Crippen LogP contribution in [0.25, 0.3) is 10.9 Å². The number of fused-ring (bicyclic) bond motifs is 1. The third kappa shape index (κ3) is 2.36. The molecule has 0 radical (unpaired) electrons. The first-order valence-electron chi connectivity index (χ1n) is 6.88. The molecule has 2 aromatic rings. The van der Waals surface area contributed by atoms with Crippen LogP contribution in [0.3, 0.4) is 0 Å². The van der Waals surface area contributed by atoms with Crippen molar-refractivity contribution in [2.75, 3.05) is 25.1 Å². The van der Waals surface area contributed by atoms with Crippen LogP contribution >= 0.6 is 11.6 Å². The van der Waals surface area contributed by atoms with Crippen molar-refractivity contribution in [1.82, 2.24) is 14.8 Å². The van der Waals surface area contributed by atoms with Gasteiger partial charge in [-0.15, -0.1) is 0 Å². The Balaban J connectivity index is 2.00. The fourth-order valence-electron chi connectivity index (χ4n) is 2.51. The SMILES string of the molecule is COC1CN(c2nn(CC(C)C)c3cc(Cl)ncc23)C1. The van der Waals surface area contributed by atoms with E-state index in [0.717, 1.165) is 36.4 Å². The van der Waals surface area contributed by atoms with Crippen LogP contribution in [0.15, 0.2) is 12.3 Å². The Hall–Kier alpha value is -1.33. The molecule has 5 nitrogen and oxygen atoms in total. The van der Waals surface area contributed by atoms with Crippen molar-refractivity contribution in [3.63, 3.8) is 0 Å². The summed E-state index contributed by atoms with van der Waals surface area (Å²) in [5.74, 6) is 1.51. The molecule has 0 N–H and O–H groups in total. The molecule has 1 aliphatic heterocycles. The van der Waals surface area contributed by atoms with Crippen molar-refractivity contribution < 1.29 is 4.74 Å². The molecule has 0 spiro atoms. The van der Waals surface area contributed by atoms with Gasteiger partial charge in [-0.1, -0.05) is 25.4 Å². The van der Waals surface area contributed by atoms with Gasteiger partial charge >= 0.3 is 0 Å². The van der Waals surface area contributed by atoms with Gasteiger partial charge in [0.2, 0.25) is 0 Å². The van der Waals surface area contributed by atoms with Gasteiger partial charge < -0.3 is 9.64 Å². The molecular formula is C14H19ClN4O. The van der Waals surface area contributed by atoms with E-state index in [2.05, 4.69) is 23.7 Å². The summed E-state index contributed by atoms with van der Waals surface area (Å²) < 4.78 is 7.36. The fourth-order valence-corrected chi connectivity index (χ4v) is 2.66. The predicted molar refractivity (Wildman–Crippen MR) is 80.4 cm³/mol. The van der Waals surface area contributed by atoms with Crippen molar-refractivity contribution in [3.8, 4) is 0 Å². The normalized spacial score (nSPS) is 16.1. The molecule has 108 valence electrons. The summed E-state index contributed by atoms with van der Waals surface area (Å²) >= 11 is 6.02. The quantitative estimate of drug-likeness (QED) is 0.813. The lowest BCUT2D eigenvalue weighted by molar-refractivity contribution is 0.0783. The second kappa shape index (κ2) is 5.22. The van der Waals surface area contributed by atoms with Crippen molar-refractivity contribution in [2.45, 2.75) is 26.5 Å². The van der Waals surface area contributed by atoms with Gasteiger partial charge in [0.15, 0.2) is 5.82 Å². The topological polar surface area (TPSA) is 43.2 Å². The van der Waals surface area contributed by atoms with E-state index >= 15 is 0 Å². The number of halogens is 1. The van der Waals surface area contributed by atoms with E-state index < -0.39 is 0 Å². The Morgan fingerprint density at radius 1 is 1.45 bits per heavy atom. The Kier molecular flexibility index (Phi) is 3.56. The van der Waals surface area contributed by atoms with Gasteiger partial charge in [0.05, 0.1) is 17.0 Å². The zero-order valence-electron chi connectivity index (χ0n) is 12.0. The lowest BCUT2D eigenvalue weighted by atomic mass is 10.1. The van der Waals surface area contributed by atoms with Crippen molar-refractivity contribution >= 4 is 28.3 Å². The Bertz CT molecular complexity index is 619. The van der Waals surface area contributed by atoms with Crippen LogP contribution in [0.4, 0.5) is 5.82 Å². The molecule has 20 heavy (non-hydrogen) atoms. The lowest BCUT2D eigenvalue weighted by Gasteiger charge is -2.38. The van der Waals surface area contributed by atoms with Crippen LogP contribution in [0.5, 0.6) is 0 Å². The molecule has 0 atom stereocenters. The van der Waals surface area contributed by atoms with Gasteiger partial charge in [0, 0.05) is 39.0 Å². The number of hydrogen-bond donors (Lipinski definition) is 0. The first-order chi connectivity index (χ1) is 9.58. The molecule has 3 heterocycles. The van der Waals surface area contributed by atoms with E-state index in [9.17, 15) is 0 Å². The van der Waals surface area contributed by atoms with Crippen molar-refractivity contribution in [1.29, 1.82) is 0 Å². The minimum absolute atomic E-state index is 0.306. The number of nitrogens with zero attached hydrogens (tertiary/aromatic N) is 4. The molecule has 1 fully saturated rings. The standard InChI is InChI=1S/C14H19ClN4O/c1-9(2)6-19-12-4-13(15)16-5-11(12)14(17-19)18-7-10(8-18)20-3/h4-5,9-10H,6-8H2,1-3H3. The zero-order chi connectivity index (χ0) is 14.3. The Morgan fingerprint density at radius 3 is 2.85 bits per heavy atom. The van der Waals surface area contributed by atoms with Crippen LogP contribution < -0.4 is 4.90 Å². The molecule has 0 aliphatic carbocycles. The van der Waals surface area contributed by atoms with E-state index in [4.69, 9.17) is 21.4 Å². The average Bonchev–Trinajstić information content (AvgIpc) is 2.66. The average molecular weight is 295 g/mol. The first-order valence-corrected chi connectivity index (χ1v) is 7.26. The zero-order valence-corrected chi connectivity index (χ0v) is 12.8. The maximum absolute atomic E-state index is 6.02. The predicted octanol–water partition coefficient (Wildman–Crippen LogP) is 2.58. The molecule has 0 aromatic carbocycles. The number of methoxy groups -OCH3 is 1. The van der Waals surface area contributed by atoms with Crippen LogP contribution in [0.2, 0.25) is 5.15 Å². The van der Waals surface area contributed by atoms with Crippen LogP contribution in [0.1, 0.15) is 13.8 Å². The smallest absolute Gasteiger partial charge is 0.160 e. The molecule has 6 heteroatoms. The number of hydrogen-bond acceptors (Lipinski definition) is 4. The summed E-state index contributed by atoms with van der Waals surface area (Å²) in [6, 6.07) is 1.89. The van der Waals surface area contributed by atoms with E-state index in [-0.39, 0.29) is 0 Å². The van der Waals surface area contributed by atoms with Crippen molar-refractivity contribution in [3.05, 3.63) is 17.4 Å². The van der Waals surface area contributed by atoms with Gasteiger partial charge in [-0.25, -0.2) is 4.98 Å². The number of aromatic nitrogens is 3. The number of ether oxygens (including phenoxy) is 1. The molecule has 1 aliphatic rings. The lowest BCUT2D eigenvalue weighted by Crippen LogP contribution is -2.52. The van der Waals surface area contributed by atoms with E-state index in [1.54, 1.807) is 7.11 Å². The summed E-state index contributed by atoms with van der Waals surface area (Å²) in [4.78, 5) is 6.42. The molecule has 3 rings (SSSR count). The number of anilines is 1. The van der Waals surface area contributed by atoms with Gasteiger partial charge in [-0.3, -0.25) is 4.68 Å². The molecule has 2 aromatic heterocycles. The first kappa shape index (κ1) is 13.6. The Morgan fingerprint density at radius 2 is 2.20 bits per heavy atom. The van der Waals surface area contributed by atoms with Gasteiger partial charge in [0.1, 0.15) is 5.15 Å². The van der Waals surface area contributed by atoms with Gasteiger partial charge in [-0.2, -0.15) is 5.10 Å². The summed E-state index contributed by atoms with van der Waals surface area (Å²) in [5, 5.41) is 6.32. The largest absolute Gasteiger partial charge is 0.378 e. The van der Waals surface area contributed by atoms with Crippen LogP contribution in [-0.2, 0) is 11.3 Å². The maximum Gasteiger partial charge on any atom is 0.160 e. The van der Waals surface area contributed by atoms with E-state index in [0.29, 0.717) is 17.2 Å². The van der Waals surface area contributed by atoms with E-state index in [1.807, 2.05) is 16.9 Å². The monoisotopic (exact) mass is 294 g/mol. The highest BCUT2D eigenvalue weighted by atomic mass is 35.5. The number of rotatable bonds is 4. The molecule has 0 amide bonds. The third-order valence-electron chi connectivity index (χ3n) is 3.60. The highest BCUT2D eigenvalue weighted by Crippen LogP contribution is 2.30. The fraction of sp³-hybridized carbons (Fsp3) is 0.571. The molecule has 0 bridgehead atoms. The highest BCUT2D eigenvalue weighted by Gasteiger charge is 2.30. The summed E-state index contributed by atoms with van der Waals surface area (Å²) in [7, 11) is 1.75. The van der Waals surface area contributed by atoms with Crippen LogP contribution in [0, 0.1) is 5.92 Å². The van der Waals surface area contributed by atoms with Crippen molar-refractivity contribution in [2.24, 2.45) is 5.92 Å². The van der Waals surface area contributed by atoms with Gasteiger partial charge in [-0.05, 0) is 5.92 Å². The summed E-state index contributed by atoms with van der Waals surface area (Å²) in [5.41, 5.74) is 1.05. The second-order valence-electron chi connectivity index (χ2n) is 5.69.